The minimum Gasteiger partial charge on any atom is -0.497 e. The Kier molecular flexibility index (Phi) is 6.43. The monoisotopic (exact) mass is 377 g/mol. The SMILES string of the molecule is CCc1ccc([C@H](NC(=O)Cc2ccc(OC)cc2)c2cccc(F)c2)cc1. The maximum absolute atomic E-state index is 13.8. The van der Waals surface area contributed by atoms with Crippen LogP contribution in [0.1, 0.15) is 35.2 Å². The van der Waals surface area contributed by atoms with E-state index in [1.54, 1.807) is 13.2 Å². The number of ether oxygens (including phenoxy) is 1. The van der Waals surface area contributed by atoms with Crippen molar-refractivity contribution in [1.82, 2.24) is 5.32 Å². The highest BCUT2D eigenvalue weighted by Crippen LogP contribution is 2.24. The Morgan fingerprint density at radius 1 is 0.964 bits per heavy atom. The third-order valence-electron chi connectivity index (χ3n) is 4.73. The molecule has 0 aliphatic rings. The number of hydrogen-bond acceptors (Lipinski definition) is 2. The lowest BCUT2D eigenvalue weighted by molar-refractivity contribution is -0.120. The molecule has 0 bridgehead atoms. The molecular formula is C24H24FNO2. The van der Waals surface area contributed by atoms with Crippen molar-refractivity contribution in [2.24, 2.45) is 0 Å². The standard InChI is InChI=1S/C24H24FNO2/c1-3-17-7-11-19(12-8-17)24(20-5-4-6-21(25)16-20)26-23(27)15-18-9-13-22(28-2)14-10-18/h4-14,16,24H,3,15H2,1-2H3,(H,26,27)/t24-/m0/s1. The van der Waals surface area contributed by atoms with E-state index in [-0.39, 0.29) is 18.1 Å². The number of rotatable bonds is 7. The van der Waals surface area contributed by atoms with Crippen molar-refractivity contribution in [3.63, 3.8) is 0 Å². The summed E-state index contributed by atoms with van der Waals surface area (Å²) in [4.78, 5) is 12.7. The molecule has 0 aliphatic carbocycles. The van der Waals surface area contributed by atoms with E-state index in [9.17, 15) is 9.18 Å². The summed E-state index contributed by atoms with van der Waals surface area (Å²) in [5.74, 6) is 0.300. The number of methoxy groups -OCH3 is 1. The first-order valence-electron chi connectivity index (χ1n) is 9.35. The van der Waals surface area contributed by atoms with Gasteiger partial charge in [0.05, 0.1) is 19.6 Å². The Bertz CT molecular complexity index is 920. The van der Waals surface area contributed by atoms with Crippen molar-refractivity contribution in [3.8, 4) is 5.75 Å². The molecule has 0 aliphatic heterocycles. The van der Waals surface area contributed by atoms with Gasteiger partial charge in [0.1, 0.15) is 11.6 Å². The van der Waals surface area contributed by atoms with Crippen molar-refractivity contribution in [2.75, 3.05) is 7.11 Å². The van der Waals surface area contributed by atoms with E-state index >= 15 is 0 Å². The number of halogens is 1. The number of aryl methyl sites for hydroxylation is 1. The quantitative estimate of drug-likeness (QED) is 0.639. The predicted molar refractivity (Wildman–Crippen MR) is 109 cm³/mol. The number of hydrogen-bond donors (Lipinski definition) is 1. The van der Waals surface area contributed by atoms with Crippen molar-refractivity contribution < 1.29 is 13.9 Å². The largest absolute Gasteiger partial charge is 0.497 e. The fourth-order valence-corrected chi connectivity index (χ4v) is 3.13. The van der Waals surface area contributed by atoms with Gasteiger partial charge in [0, 0.05) is 0 Å². The second-order valence-corrected chi connectivity index (χ2v) is 6.68. The summed E-state index contributed by atoms with van der Waals surface area (Å²) in [5.41, 5.74) is 3.74. The Morgan fingerprint density at radius 2 is 1.64 bits per heavy atom. The molecule has 3 aromatic rings. The molecule has 1 amide bonds. The van der Waals surface area contributed by atoms with E-state index in [0.717, 1.165) is 23.3 Å². The van der Waals surface area contributed by atoms with Gasteiger partial charge < -0.3 is 10.1 Å². The van der Waals surface area contributed by atoms with Gasteiger partial charge in [-0.15, -0.1) is 0 Å². The van der Waals surface area contributed by atoms with E-state index in [4.69, 9.17) is 4.74 Å². The maximum Gasteiger partial charge on any atom is 0.225 e. The van der Waals surface area contributed by atoms with Gasteiger partial charge in [-0.05, 0) is 52.9 Å². The van der Waals surface area contributed by atoms with Crippen LogP contribution in [0.2, 0.25) is 0 Å². The molecule has 3 nitrogen and oxygen atoms in total. The lowest BCUT2D eigenvalue weighted by Crippen LogP contribution is -2.30. The second kappa shape index (κ2) is 9.18. The summed E-state index contributed by atoms with van der Waals surface area (Å²) in [5, 5.41) is 3.05. The summed E-state index contributed by atoms with van der Waals surface area (Å²) in [6.45, 7) is 2.09. The summed E-state index contributed by atoms with van der Waals surface area (Å²) in [6, 6.07) is 21.4. The van der Waals surface area contributed by atoms with Crippen LogP contribution in [0.3, 0.4) is 0 Å². The Labute approximate surface area is 165 Å². The summed E-state index contributed by atoms with van der Waals surface area (Å²) in [6.07, 6.45) is 1.18. The molecule has 0 aromatic heterocycles. The highest BCUT2D eigenvalue weighted by molar-refractivity contribution is 5.79. The molecule has 1 atom stereocenters. The van der Waals surface area contributed by atoms with Crippen molar-refractivity contribution in [2.45, 2.75) is 25.8 Å². The Morgan fingerprint density at radius 3 is 2.25 bits per heavy atom. The first kappa shape index (κ1) is 19.6. The van der Waals surface area contributed by atoms with Crippen molar-refractivity contribution in [3.05, 3.63) is 101 Å². The number of amides is 1. The van der Waals surface area contributed by atoms with Crippen LogP contribution in [0, 0.1) is 5.82 Å². The first-order valence-corrected chi connectivity index (χ1v) is 9.35. The lowest BCUT2D eigenvalue weighted by atomic mass is 9.96. The summed E-state index contributed by atoms with van der Waals surface area (Å²) >= 11 is 0. The van der Waals surface area contributed by atoms with E-state index in [2.05, 4.69) is 12.2 Å². The molecule has 0 spiro atoms. The molecule has 0 saturated heterocycles. The fraction of sp³-hybridized carbons (Fsp3) is 0.208. The molecular weight excluding hydrogens is 353 g/mol. The number of carbonyl (C=O) groups excluding carboxylic acids is 1. The van der Waals surface area contributed by atoms with Gasteiger partial charge in [0.2, 0.25) is 5.91 Å². The van der Waals surface area contributed by atoms with Crippen LogP contribution < -0.4 is 10.1 Å². The third-order valence-corrected chi connectivity index (χ3v) is 4.73. The lowest BCUT2D eigenvalue weighted by Gasteiger charge is -2.20. The molecule has 0 saturated carbocycles. The van der Waals surface area contributed by atoms with E-state index in [1.165, 1.54) is 17.7 Å². The van der Waals surface area contributed by atoms with Crippen LogP contribution in [-0.2, 0) is 17.6 Å². The number of carbonyl (C=O) groups is 1. The zero-order chi connectivity index (χ0) is 19.9. The Hall–Kier alpha value is -3.14. The number of nitrogens with one attached hydrogen (secondary N) is 1. The zero-order valence-corrected chi connectivity index (χ0v) is 16.1. The maximum atomic E-state index is 13.8. The molecule has 1 N–H and O–H groups in total. The highest BCUT2D eigenvalue weighted by atomic mass is 19.1. The van der Waals surface area contributed by atoms with Gasteiger partial charge >= 0.3 is 0 Å². The van der Waals surface area contributed by atoms with Gasteiger partial charge in [0.15, 0.2) is 0 Å². The Balaban J connectivity index is 1.82. The van der Waals surface area contributed by atoms with Crippen LogP contribution in [0.15, 0.2) is 72.8 Å². The van der Waals surface area contributed by atoms with Gasteiger partial charge in [0.25, 0.3) is 0 Å². The van der Waals surface area contributed by atoms with E-state index in [0.29, 0.717) is 5.56 Å². The van der Waals surface area contributed by atoms with E-state index < -0.39 is 6.04 Å². The van der Waals surface area contributed by atoms with E-state index in [1.807, 2.05) is 54.6 Å². The van der Waals surface area contributed by atoms with Crippen LogP contribution >= 0.6 is 0 Å². The predicted octanol–water partition coefficient (Wildman–Crippen LogP) is 4.85. The second-order valence-electron chi connectivity index (χ2n) is 6.68. The van der Waals surface area contributed by atoms with Crippen molar-refractivity contribution in [1.29, 1.82) is 0 Å². The molecule has 144 valence electrons. The smallest absolute Gasteiger partial charge is 0.225 e. The summed E-state index contributed by atoms with van der Waals surface area (Å²) in [7, 11) is 1.61. The molecule has 3 rings (SSSR count). The minimum absolute atomic E-state index is 0.126. The molecule has 0 fully saturated rings. The summed E-state index contributed by atoms with van der Waals surface area (Å²) < 4.78 is 18.9. The molecule has 0 unspecified atom stereocenters. The van der Waals surface area contributed by atoms with Crippen LogP contribution in [0.4, 0.5) is 4.39 Å². The van der Waals surface area contributed by atoms with Crippen LogP contribution in [-0.4, -0.2) is 13.0 Å². The first-order chi connectivity index (χ1) is 13.6. The third kappa shape index (κ3) is 4.97. The van der Waals surface area contributed by atoms with Gasteiger partial charge in [-0.2, -0.15) is 0 Å². The van der Waals surface area contributed by atoms with Crippen LogP contribution in [0.5, 0.6) is 5.75 Å². The van der Waals surface area contributed by atoms with Crippen molar-refractivity contribution >= 4 is 5.91 Å². The topological polar surface area (TPSA) is 38.3 Å². The molecule has 0 heterocycles. The molecule has 28 heavy (non-hydrogen) atoms. The normalized spacial score (nSPS) is 11.7. The molecule has 0 radical (unpaired) electrons. The molecule has 4 heteroatoms. The van der Waals surface area contributed by atoms with Gasteiger partial charge in [-0.3, -0.25) is 4.79 Å². The van der Waals surface area contributed by atoms with Crippen LogP contribution in [0.25, 0.3) is 0 Å². The van der Waals surface area contributed by atoms with Gasteiger partial charge in [-0.1, -0.05) is 55.5 Å². The fourth-order valence-electron chi connectivity index (χ4n) is 3.13. The minimum atomic E-state index is -0.410. The number of benzene rings is 3. The average molecular weight is 377 g/mol. The zero-order valence-electron chi connectivity index (χ0n) is 16.1. The highest BCUT2D eigenvalue weighted by Gasteiger charge is 2.18. The molecule has 3 aromatic carbocycles. The average Bonchev–Trinajstić information content (AvgIpc) is 2.73. The van der Waals surface area contributed by atoms with Gasteiger partial charge in [-0.25, -0.2) is 4.39 Å².